The molecule has 3 nitrogen and oxygen atoms in total. The lowest BCUT2D eigenvalue weighted by molar-refractivity contribution is 0.371. The Balaban J connectivity index is 2.08. The third-order valence-corrected chi connectivity index (χ3v) is 0.767. The third-order valence-electron chi connectivity index (χ3n) is 0.304. The smallest absolute Gasteiger partial charge is 0.126 e. The van der Waals surface area contributed by atoms with Crippen molar-refractivity contribution in [3.8, 4) is 0 Å². The fourth-order valence-corrected chi connectivity index (χ4v) is 0.442. The van der Waals surface area contributed by atoms with Gasteiger partial charge in [-0.3, -0.25) is 4.18 Å². The second-order valence-corrected chi connectivity index (χ2v) is 1.23. The molecule has 4 heteroatoms. The van der Waals surface area contributed by atoms with Crippen LogP contribution >= 0.6 is 12.2 Å². The highest BCUT2D eigenvalue weighted by Gasteiger charge is 1.92. The molecule has 1 saturated heterocycles. The van der Waals surface area contributed by atoms with Crippen molar-refractivity contribution in [1.29, 1.82) is 0 Å². The molecule has 0 unspecified atom stereocenters. The molecular formula is CH4N2OS. The van der Waals surface area contributed by atoms with Crippen LogP contribution in [-0.2, 0) is 4.18 Å². The Kier molecular flexibility index (Phi) is 1.10. The maximum absolute atomic E-state index is 4.64. The summed E-state index contributed by atoms with van der Waals surface area (Å²) in [6.07, 6.45) is 0. The molecule has 1 aliphatic heterocycles. The molecule has 0 radical (unpaired) electrons. The van der Waals surface area contributed by atoms with Crippen molar-refractivity contribution in [2.24, 2.45) is 0 Å². The molecule has 0 atom stereocenters. The minimum Gasteiger partial charge on any atom is -0.283 e. The van der Waals surface area contributed by atoms with Crippen molar-refractivity contribution >= 4 is 12.2 Å². The highest BCUT2D eigenvalue weighted by atomic mass is 32.2. The van der Waals surface area contributed by atoms with Crippen LogP contribution in [0.3, 0.4) is 0 Å². The molecule has 30 valence electrons. The van der Waals surface area contributed by atoms with Crippen molar-refractivity contribution in [1.82, 2.24) is 10.3 Å². The van der Waals surface area contributed by atoms with Crippen LogP contribution in [0.25, 0.3) is 0 Å². The Bertz CT molecular complexity index is 21.2. The molecule has 0 aliphatic carbocycles. The second kappa shape index (κ2) is 1.61. The summed E-state index contributed by atoms with van der Waals surface area (Å²) >= 11 is 1.21. The van der Waals surface area contributed by atoms with Gasteiger partial charge in [0, 0.05) is 0 Å². The lowest BCUT2D eigenvalue weighted by Gasteiger charge is -1.74. The van der Waals surface area contributed by atoms with Gasteiger partial charge in [-0.15, -0.1) is 0 Å². The van der Waals surface area contributed by atoms with Crippen LogP contribution in [-0.4, -0.2) is 6.73 Å². The minimum atomic E-state index is 0.602. The van der Waals surface area contributed by atoms with E-state index in [1.807, 2.05) is 0 Å². The fraction of sp³-hybridized carbons (Fsp3) is 1.00. The molecular weight excluding hydrogens is 88.1 g/mol. The first kappa shape index (κ1) is 3.42. The highest BCUT2D eigenvalue weighted by molar-refractivity contribution is 7.92. The van der Waals surface area contributed by atoms with Crippen LogP contribution in [0.2, 0.25) is 0 Å². The molecule has 0 bridgehead atoms. The first-order chi connectivity index (χ1) is 2.50. The van der Waals surface area contributed by atoms with E-state index in [2.05, 4.69) is 14.4 Å². The van der Waals surface area contributed by atoms with Crippen LogP contribution in [0.5, 0.6) is 0 Å². The third kappa shape index (κ3) is 0.769. The zero-order valence-electron chi connectivity index (χ0n) is 2.52. The van der Waals surface area contributed by atoms with Crippen LogP contribution in [0, 0.1) is 0 Å². The lowest BCUT2D eigenvalue weighted by Crippen LogP contribution is -2.16. The van der Waals surface area contributed by atoms with Gasteiger partial charge in [-0.25, -0.2) is 5.43 Å². The monoisotopic (exact) mass is 92.0 g/mol. The van der Waals surface area contributed by atoms with Gasteiger partial charge in [-0.05, 0) is 0 Å². The fourth-order valence-electron chi connectivity index (χ4n) is 0.147. The predicted molar refractivity (Wildman–Crippen MR) is 19.8 cm³/mol. The molecule has 0 aromatic rings. The Morgan fingerprint density at radius 2 is 2.80 bits per heavy atom. The molecule has 0 amide bonds. The summed E-state index contributed by atoms with van der Waals surface area (Å²) in [6, 6.07) is 0. The van der Waals surface area contributed by atoms with Gasteiger partial charge in [0.15, 0.2) is 0 Å². The van der Waals surface area contributed by atoms with Crippen LogP contribution in [0.1, 0.15) is 0 Å². The van der Waals surface area contributed by atoms with E-state index in [9.17, 15) is 0 Å². The molecule has 1 fully saturated rings. The summed E-state index contributed by atoms with van der Waals surface area (Å²) in [5.41, 5.74) is 2.71. The normalized spacial score (nSPS) is 24.0. The zero-order valence-corrected chi connectivity index (χ0v) is 3.34. The minimum absolute atomic E-state index is 0.602. The summed E-state index contributed by atoms with van der Waals surface area (Å²) in [7, 11) is 0. The quantitative estimate of drug-likeness (QED) is 0.315. The van der Waals surface area contributed by atoms with Crippen molar-refractivity contribution < 1.29 is 4.18 Å². The van der Waals surface area contributed by atoms with Gasteiger partial charge in [-0.1, -0.05) is 0 Å². The average Bonchev–Trinajstić information content (AvgIpc) is 1.76. The van der Waals surface area contributed by atoms with Gasteiger partial charge < -0.3 is 0 Å². The summed E-state index contributed by atoms with van der Waals surface area (Å²) in [5.74, 6) is 0. The maximum atomic E-state index is 4.64. The highest BCUT2D eigenvalue weighted by Crippen LogP contribution is 1.95. The molecule has 1 aliphatic rings. The van der Waals surface area contributed by atoms with E-state index < -0.39 is 0 Å². The first-order valence-corrected chi connectivity index (χ1v) is 2.00. The Labute approximate surface area is 34.4 Å². The predicted octanol–water partition coefficient (Wildman–Crippen LogP) is -0.368. The first-order valence-electron chi connectivity index (χ1n) is 1.26. The molecule has 5 heavy (non-hydrogen) atoms. The van der Waals surface area contributed by atoms with Gasteiger partial charge in [-0.2, -0.15) is 4.83 Å². The van der Waals surface area contributed by atoms with Crippen molar-refractivity contribution in [3.63, 3.8) is 0 Å². The number of rotatable bonds is 0. The molecule has 2 N–H and O–H groups in total. The van der Waals surface area contributed by atoms with E-state index in [0.717, 1.165) is 0 Å². The topological polar surface area (TPSA) is 33.3 Å². The number of hydrazine groups is 1. The van der Waals surface area contributed by atoms with Gasteiger partial charge in [0.25, 0.3) is 0 Å². The van der Waals surface area contributed by atoms with Crippen LogP contribution in [0.15, 0.2) is 0 Å². The van der Waals surface area contributed by atoms with E-state index in [1.165, 1.54) is 12.2 Å². The summed E-state index contributed by atoms with van der Waals surface area (Å²) in [6.45, 7) is 0.602. The van der Waals surface area contributed by atoms with Gasteiger partial charge >= 0.3 is 0 Å². The molecule has 1 heterocycles. The van der Waals surface area contributed by atoms with Crippen LogP contribution < -0.4 is 10.3 Å². The van der Waals surface area contributed by atoms with Crippen molar-refractivity contribution in [3.05, 3.63) is 0 Å². The number of hydrogen-bond acceptors (Lipinski definition) is 4. The van der Waals surface area contributed by atoms with Gasteiger partial charge in [0.1, 0.15) is 6.73 Å². The average molecular weight is 92.1 g/mol. The second-order valence-electron chi connectivity index (χ2n) is 0.624. The molecule has 0 spiro atoms. The molecule has 1 rings (SSSR count). The Hall–Kier alpha value is 0.230. The maximum Gasteiger partial charge on any atom is 0.126 e. The lowest BCUT2D eigenvalue weighted by atomic mass is 11.4. The van der Waals surface area contributed by atoms with E-state index in [1.54, 1.807) is 0 Å². The Morgan fingerprint density at radius 3 is 3.00 bits per heavy atom. The van der Waals surface area contributed by atoms with E-state index in [4.69, 9.17) is 0 Å². The summed E-state index contributed by atoms with van der Waals surface area (Å²) in [5, 5.41) is 0. The van der Waals surface area contributed by atoms with E-state index in [0.29, 0.717) is 6.73 Å². The standard InChI is InChI=1S/CH4N2OS/c1-2-3-5-4-1/h2-3H,1H2. The summed E-state index contributed by atoms with van der Waals surface area (Å²) in [4.78, 5) is 2.67. The molecule has 0 saturated carbocycles. The molecule has 0 aromatic heterocycles. The van der Waals surface area contributed by atoms with E-state index in [-0.39, 0.29) is 0 Å². The number of hydrogen-bond donors (Lipinski definition) is 2. The summed E-state index contributed by atoms with van der Waals surface area (Å²) < 4.78 is 4.64. The van der Waals surface area contributed by atoms with Gasteiger partial charge in [0.05, 0.1) is 12.2 Å². The SMILES string of the molecule is C1NNSO1. The van der Waals surface area contributed by atoms with Crippen molar-refractivity contribution in [2.45, 2.75) is 0 Å². The van der Waals surface area contributed by atoms with E-state index >= 15 is 0 Å². The largest absolute Gasteiger partial charge is 0.283 e. The van der Waals surface area contributed by atoms with Crippen LogP contribution in [0.4, 0.5) is 0 Å². The molecule has 0 aromatic carbocycles. The van der Waals surface area contributed by atoms with Gasteiger partial charge in [0.2, 0.25) is 0 Å². The zero-order chi connectivity index (χ0) is 3.54. The Morgan fingerprint density at radius 1 is 1.80 bits per heavy atom. The number of nitrogens with one attached hydrogen (secondary N) is 2. The van der Waals surface area contributed by atoms with Crippen molar-refractivity contribution in [2.75, 3.05) is 6.73 Å².